The minimum Gasteiger partial charge on any atom is -0.507 e. The van der Waals surface area contributed by atoms with E-state index in [0.29, 0.717) is 10.7 Å². The number of rotatable bonds is 3. The highest BCUT2D eigenvalue weighted by atomic mass is 32.1. The molecule has 0 spiro atoms. The number of Topliss-reactive ketones (excluding diaryl/α,β-unsaturated/α-hetero) is 1. The molecule has 4 rings (SSSR count). The van der Waals surface area contributed by atoms with Gasteiger partial charge in [0.05, 0.1) is 11.6 Å². The maximum absolute atomic E-state index is 13.0. The van der Waals surface area contributed by atoms with E-state index in [9.17, 15) is 14.7 Å². The van der Waals surface area contributed by atoms with Crippen molar-refractivity contribution in [3.63, 3.8) is 0 Å². The van der Waals surface area contributed by atoms with Gasteiger partial charge in [0.2, 0.25) is 5.13 Å². The summed E-state index contributed by atoms with van der Waals surface area (Å²) >= 11 is 1.17. The Morgan fingerprint density at radius 1 is 1.03 bits per heavy atom. The first-order valence-electron chi connectivity index (χ1n) is 9.93. The van der Waals surface area contributed by atoms with Crippen LogP contribution in [0.25, 0.3) is 5.76 Å². The molecule has 1 aromatic heterocycles. The molecular formula is C24H23N3O3S. The number of carbonyl (C=O) groups is 2. The van der Waals surface area contributed by atoms with Crippen molar-refractivity contribution in [1.29, 1.82) is 0 Å². The molecule has 6 nitrogen and oxygen atoms in total. The average Bonchev–Trinajstić information content (AvgIpc) is 3.34. The van der Waals surface area contributed by atoms with Gasteiger partial charge in [0.15, 0.2) is 0 Å². The van der Waals surface area contributed by atoms with Crippen molar-refractivity contribution in [2.75, 3.05) is 4.90 Å². The van der Waals surface area contributed by atoms with E-state index in [-0.39, 0.29) is 16.7 Å². The fourth-order valence-electron chi connectivity index (χ4n) is 3.65. The molecule has 3 aromatic rings. The zero-order chi connectivity index (χ0) is 22.3. The highest BCUT2D eigenvalue weighted by Gasteiger charge is 2.48. The monoisotopic (exact) mass is 433 g/mol. The van der Waals surface area contributed by atoms with Crippen LogP contribution in [0.5, 0.6) is 0 Å². The minimum atomic E-state index is -0.789. The van der Waals surface area contributed by atoms with E-state index in [1.54, 1.807) is 12.1 Å². The van der Waals surface area contributed by atoms with Gasteiger partial charge in [-0.1, -0.05) is 86.2 Å². The molecule has 7 heteroatoms. The molecule has 31 heavy (non-hydrogen) atoms. The van der Waals surface area contributed by atoms with Gasteiger partial charge in [0.1, 0.15) is 11.3 Å². The summed E-state index contributed by atoms with van der Waals surface area (Å²) in [5, 5.41) is 19.2. The highest BCUT2D eigenvalue weighted by molar-refractivity contribution is 7.13. The first-order valence-corrected chi connectivity index (χ1v) is 10.8. The van der Waals surface area contributed by atoms with E-state index < -0.39 is 17.7 Å². The zero-order valence-corrected chi connectivity index (χ0v) is 18.6. The second-order valence-corrected chi connectivity index (χ2v) is 9.44. The van der Waals surface area contributed by atoms with Crippen molar-refractivity contribution >= 4 is 33.9 Å². The lowest BCUT2D eigenvalue weighted by Gasteiger charge is -2.24. The molecule has 0 aliphatic carbocycles. The summed E-state index contributed by atoms with van der Waals surface area (Å²) in [7, 11) is 0. The molecule has 1 aliphatic rings. The predicted octanol–water partition coefficient (Wildman–Crippen LogP) is 4.77. The van der Waals surface area contributed by atoms with E-state index in [0.717, 1.165) is 16.7 Å². The third-order valence-corrected chi connectivity index (χ3v) is 6.11. The number of aliphatic hydroxyl groups excluding tert-OH is 1. The number of benzene rings is 2. The van der Waals surface area contributed by atoms with Gasteiger partial charge in [-0.15, -0.1) is 10.2 Å². The molecule has 158 valence electrons. The van der Waals surface area contributed by atoms with Gasteiger partial charge in [-0.05, 0) is 23.5 Å². The Morgan fingerprint density at radius 3 is 2.23 bits per heavy atom. The molecule has 2 heterocycles. The smallest absolute Gasteiger partial charge is 0.301 e. The number of aromatic nitrogens is 2. The van der Waals surface area contributed by atoms with Gasteiger partial charge < -0.3 is 5.11 Å². The molecule has 1 saturated heterocycles. The van der Waals surface area contributed by atoms with E-state index in [2.05, 4.69) is 31.0 Å². The summed E-state index contributed by atoms with van der Waals surface area (Å²) < 4.78 is 0. The fourth-order valence-corrected chi connectivity index (χ4v) is 4.23. The predicted molar refractivity (Wildman–Crippen MR) is 121 cm³/mol. The van der Waals surface area contributed by atoms with Crippen LogP contribution in [0.1, 0.15) is 49.1 Å². The van der Waals surface area contributed by atoms with Crippen LogP contribution in [0.15, 0.2) is 59.6 Å². The summed E-state index contributed by atoms with van der Waals surface area (Å²) in [5.41, 5.74) is 4.87. The number of hydrogen-bond acceptors (Lipinski definition) is 6. The lowest BCUT2D eigenvalue weighted by atomic mass is 9.85. The molecule has 1 atom stereocenters. The third kappa shape index (κ3) is 3.77. The van der Waals surface area contributed by atoms with Gasteiger partial charge in [-0.2, -0.15) is 0 Å². The Labute approximate surface area is 184 Å². The first-order chi connectivity index (χ1) is 14.7. The molecule has 1 aliphatic heterocycles. The largest absolute Gasteiger partial charge is 0.507 e. The van der Waals surface area contributed by atoms with Crippen molar-refractivity contribution < 1.29 is 14.7 Å². The SMILES string of the molecule is Cc1ccc(C(O)=C2C(=O)C(=O)N(c3nncs3)[C@H]2c2ccc(C(C)(C)C)cc2)cc1. The van der Waals surface area contributed by atoms with E-state index in [4.69, 9.17) is 0 Å². The van der Waals surface area contributed by atoms with Crippen LogP contribution in [0, 0.1) is 6.92 Å². The van der Waals surface area contributed by atoms with Crippen molar-refractivity contribution in [3.05, 3.63) is 81.9 Å². The van der Waals surface area contributed by atoms with Crippen LogP contribution in [0.3, 0.4) is 0 Å². The van der Waals surface area contributed by atoms with Gasteiger partial charge in [-0.25, -0.2) is 0 Å². The van der Waals surface area contributed by atoms with Crippen molar-refractivity contribution in [2.24, 2.45) is 0 Å². The van der Waals surface area contributed by atoms with Crippen molar-refractivity contribution in [2.45, 2.75) is 39.2 Å². The number of aliphatic hydroxyl groups is 1. The van der Waals surface area contributed by atoms with Crippen LogP contribution in [0.4, 0.5) is 5.13 Å². The maximum Gasteiger partial charge on any atom is 0.301 e. The van der Waals surface area contributed by atoms with Crippen LogP contribution in [-0.4, -0.2) is 27.0 Å². The minimum absolute atomic E-state index is 0.0402. The molecule has 1 amide bonds. The standard InChI is InChI=1S/C24H23N3O3S/c1-14-5-7-16(8-6-14)20(28)18-19(15-9-11-17(12-10-15)24(2,3)4)27(22(30)21(18)29)23-26-25-13-31-23/h5-13,19,28H,1-4H3/t19-/m0/s1. The molecule has 1 N–H and O–H groups in total. The summed E-state index contributed by atoms with van der Waals surface area (Å²) in [6, 6.07) is 14.2. The Bertz CT molecular complexity index is 1160. The molecule has 2 aromatic carbocycles. The molecule has 0 unspecified atom stereocenters. The normalized spacial score (nSPS) is 18.6. The number of anilines is 1. The molecule has 0 bridgehead atoms. The first kappa shape index (κ1) is 20.9. The van der Waals surface area contributed by atoms with E-state index >= 15 is 0 Å². The van der Waals surface area contributed by atoms with Gasteiger partial charge in [0.25, 0.3) is 5.78 Å². The Kier molecular flexibility index (Phi) is 5.23. The lowest BCUT2D eigenvalue weighted by Crippen LogP contribution is -2.29. The second-order valence-electron chi connectivity index (χ2n) is 8.63. The number of hydrogen-bond donors (Lipinski definition) is 1. The summed E-state index contributed by atoms with van der Waals surface area (Å²) in [4.78, 5) is 27.4. The highest BCUT2D eigenvalue weighted by Crippen LogP contribution is 2.42. The Morgan fingerprint density at radius 2 is 1.68 bits per heavy atom. The molecule has 1 fully saturated rings. The second kappa shape index (κ2) is 7.74. The van der Waals surface area contributed by atoms with Gasteiger partial charge >= 0.3 is 5.91 Å². The van der Waals surface area contributed by atoms with E-state index in [1.807, 2.05) is 43.3 Å². The lowest BCUT2D eigenvalue weighted by molar-refractivity contribution is -0.132. The average molecular weight is 434 g/mol. The van der Waals surface area contributed by atoms with Crippen LogP contribution < -0.4 is 4.90 Å². The number of nitrogens with zero attached hydrogens (tertiary/aromatic N) is 3. The molecule has 0 saturated carbocycles. The van der Waals surface area contributed by atoms with Crippen LogP contribution in [0.2, 0.25) is 0 Å². The molecular weight excluding hydrogens is 410 g/mol. The number of ketones is 1. The zero-order valence-electron chi connectivity index (χ0n) is 17.8. The summed E-state index contributed by atoms with van der Waals surface area (Å²) in [6.07, 6.45) is 0. The Balaban J connectivity index is 1.90. The van der Waals surface area contributed by atoms with Crippen LogP contribution in [-0.2, 0) is 15.0 Å². The van der Waals surface area contributed by atoms with E-state index in [1.165, 1.54) is 21.7 Å². The number of carbonyl (C=O) groups excluding carboxylic acids is 2. The number of aryl methyl sites for hydroxylation is 1. The van der Waals surface area contributed by atoms with Gasteiger partial charge in [0, 0.05) is 5.56 Å². The van der Waals surface area contributed by atoms with Crippen molar-refractivity contribution in [1.82, 2.24) is 10.2 Å². The van der Waals surface area contributed by atoms with Gasteiger partial charge in [-0.3, -0.25) is 14.5 Å². The summed E-state index contributed by atoms with van der Waals surface area (Å²) in [6.45, 7) is 8.29. The Hall–Kier alpha value is -3.32. The molecule has 0 radical (unpaired) electrons. The quantitative estimate of drug-likeness (QED) is 0.365. The summed E-state index contributed by atoms with van der Waals surface area (Å²) in [5.74, 6) is -1.66. The fraction of sp³-hybridized carbons (Fsp3) is 0.250. The number of amides is 1. The third-order valence-electron chi connectivity index (χ3n) is 5.42. The van der Waals surface area contributed by atoms with Crippen LogP contribution >= 0.6 is 11.3 Å². The van der Waals surface area contributed by atoms with Crippen molar-refractivity contribution in [3.8, 4) is 0 Å². The maximum atomic E-state index is 13.0. The topological polar surface area (TPSA) is 83.4 Å².